The number of unbranched alkanes of at least 4 members (excludes halogenated alkanes) is 2. The van der Waals surface area contributed by atoms with Gasteiger partial charge in [0.15, 0.2) is 6.10 Å². The smallest absolute Gasteiger partial charge is 0.338 e. The molecule has 0 bridgehead atoms. The predicted octanol–water partition coefficient (Wildman–Crippen LogP) is 3.20. The van der Waals surface area contributed by atoms with Gasteiger partial charge in [-0.3, -0.25) is 0 Å². The number of alkyl halides is 2. The maximum atomic E-state index is 12.4. The fourth-order valence-corrected chi connectivity index (χ4v) is 1.76. The van der Waals surface area contributed by atoms with Crippen LogP contribution in [0.15, 0.2) is 24.3 Å². The highest BCUT2D eigenvalue weighted by atomic mass is 19.3. The van der Waals surface area contributed by atoms with Crippen LogP contribution in [0.1, 0.15) is 42.1 Å². The Morgan fingerprint density at radius 2 is 1.90 bits per heavy atom. The fraction of sp³-hybridized carbons (Fsp3) is 0.533. The van der Waals surface area contributed by atoms with Crippen molar-refractivity contribution >= 4 is 5.97 Å². The first-order valence-corrected chi connectivity index (χ1v) is 6.77. The zero-order valence-electron chi connectivity index (χ0n) is 11.5. The van der Waals surface area contributed by atoms with Gasteiger partial charge in [0.2, 0.25) is 0 Å². The van der Waals surface area contributed by atoms with Crippen LogP contribution in [0.3, 0.4) is 0 Å². The highest BCUT2D eigenvalue weighted by molar-refractivity contribution is 5.89. The van der Waals surface area contributed by atoms with Crippen LogP contribution < -0.4 is 0 Å². The van der Waals surface area contributed by atoms with Crippen molar-refractivity contribution in [3.05, 3.63) is 35.4 Å². The van der Waals surface area contributed by atoms with E-state index in [9.17, 15) is 13.6 Å². The molecule has 1 rings (SSSR count). The molecule has 112 valence electrons. The zero-order chi connectivity index (χ0) is 15.0. The summed E-state index contributed by atoms with van der Waals surface area (Å²) in [6.07, 6.45) is -0.363. The van der Waals surface area contributed by atoms with Gasteiger partial charge < -0.3 is 9.84 Å². The van der Waals surface area contributed by atoms with E-state index in [1.54, 1.807) is 24.3 Å². The quantitative estimate of drug-likeness (QED) is 0.589. The molecule has 0 saturated heterocycles. The number of benzene rings is 1. The number of aliphatic hydroxyl groups is 1. The van der Waals surface area contributed by atoms with Gasteiger partial charge >= 0.3 is 5.97 Å². The van der Waals surface area contributed by atoms with Gasteiger partial charge in [0.1, 0.15) is 0 Å². The van der Waals surface area contributed by atoms with Crippen molar-refractivity contribution in [3.63, 3.8) is 0 Å². The van der Waals surface area contributed by atoms with E-state index in [0.29, 0.717) is 0 Å². The number of hydrogen-bond acceptors (Lipinski definition) is 3. The molecule has 0 aliphatic carbocycles. The first-order chi connectivity index (χ1) is 9.58. The van der Waals surface area contributed by atoms with Gasteiger partial charge in [0.25, 0.3) is 6.43 Å². The molecule has 0 saturated carbocycles. The van der Waals surface area contributed by atoms with E-state index >= 15 is 0 Å². The molecule has 3 nitrogen and oxygen atoms in total. The maximum Gasteiger partial charge on any atom is 0.338 e. The van der Waals surface area contributed by atoms with Crippen LogP contribution in [-0.4, -0.2) is 30.2 Å². The predicted molar refractivity (Wildman–Crippen MR) is 72.0 cm³/mol. The number of aliphatic hydroxyl groups excluding tert-OH is 1. The number of rotatable bonds is 8. The SMILES string of the molecule is CCCCCc1ccc(C(=O)OC(CO)C(F)F)cc1. The standard InChI is InChI=1S/C15H20F2O3/c1-2-3-4-5-11-6-8-12(9-7-11)15(19)20-13(10-18)14(16)17/h6-9,13-14,18H,2-5,10H2,1H3. The van der Waals surface area contributed by atoms with Crippen LogP contribution >= 0.6 is 0 Å². The second-order valence-corrected chi connectivity index (χ2v) is 4.61. The summed E-state index contributed by atoms with van der Waals surface area (Å²) >= 11 is 0. The minimum Gasteiger partial charge on any atom is -0.450 e. The zero-order valence-corrected chi connectivity index (χ0v) is 11.5. The molecule has 1 aromatic rings. The Bertz CT molecular complexity index is 404. The normalized spacial score (nSPS) is 12.4. The van der Waals surface area contributed by atoms with Crippen molar-refractivity contribution in [1.82, 2.24) is 0 Å². The molecule has 1 unspecified atom stereocenters. The van der Waals surface area contributed by atoms with Crippen LogP contribution in [0.25, 0.3) is 0 Å². The number of halogens is 2. The van der Waals surface area contributed by atoms with E-state index in [1.165, 1.54) is 0 Å². The molecule has 5 heteroatoms. The number of carbonyl (C=O) groups is 1. The molecule has 1 N–H and O–H groups in total. The largest absolute Gasteiger partial charge is 0.450 e. The molecule has 1 aromatic carbocycles. The summed E-state index contributed by atoms with van der Waals surface area (Å²) in [6.45, 7) is 1.23. The van der Waals surface area contributed by atoms with E-state index in [-0.39, 0.29) is 5.56 Å². The molecule has 0 aliphatic heterocycles. The molecule has 1 atom stereocenters. The van der Waals surface area contributed by atoms with Crippen molar-refractivity contribution < 1.29 is 23.4 Å². The monoisotopic (exact) mass is 286 g/mol. The van der Waals surface area contributed by atoms with E-state index in [4.69, 9.17) is 5.11 Å². The van der Waals surface area contributed by atoms with Crippen LogP contribution in [0, 0.1) is 0 Å². The number of carbonyl (C=O) groups excluding carboxylic acids is 1. The Balaban J connectivity index is 2.56. The lowest BCUT2D eigenvalue weighted by molar-refractivity contribution is -0.0546. The average molecular weight is 286 g/mol. The Hall–Kier alpha value is -1.49. The van der Waals surface area contributed by atoms with Crippen LogP contribution in [-0.2, 0) is 11.2 Å². The first kappa shape index (κ1) is 16.6. The van der Waals surface area contributed by atoms with E-state index in [2.05, 4.69) is 11.7 Å². The fourth-order valence-electron chi connectivity index (χ4n) is 1.76. The Morgan fingerprint density at radius 1 is 1.25 bits per heavy atom. The third-order valence-electron chi connectivity index (χ3n) is 2.98. The second kappa shape index (κ2) is 8.64. The molecular formula is C15H20F2O3. The lowest BCUT2D eigenvalue weighted by Gasteiger charge is -2.14. The summed E-state index contributed by atoms with van der Waals surface area (Å²) in [4.78, 5) is 11.6. The summed E-state index contributed by atoms with van der Waals surface area (Å²) in [5.74, 6) is -0.843. The first-order valence-electron chi connectivity index (χ1n) is 6.77. The Morgan fingerprint density at radius 3 is 2.40 bits per heavy atom. The van der Waals surface area contributed by atoms with Crippen LogP contribution in [0.5, 0.6) is 0 Å². The summed E-state index contributed by atoms with van der Waals surface area (Å²) < 4.78 is 29.3. The number of hydrogen-bond donors (Lipinski definition) is 1. The number of ether oxygens (including phenoxy) is 1. The van der Waals surface area contributed by atoms with Gasteiger partial charge in [-0.25, -0.2) is 13.6 Å². The maximum absolute atomic E-state index is 12.4. The molecule has 0 aromatic heterocycles. The number of aryl methyl sites for hydroxylation is 1. The van der Waals surface area contributed by atoms with Crippen molar-refractivity contribution in [3.8, 4) is 0 Å². The minimum atomic E-state index is -2.89. The van der Waals surface area contributed by atoms with E-state index in [0.717, 1.165) is 31.2 Å². The highest BCUT2D eigenvalue weighted by Gasteiger charge is 2.24. The molecular weight excluding hydrogens is 266 g/mol. The summed E-state index contributed by atoms with van der Waals surface area (Å²) in [5, 5.41) is 8.70. The molecule has 0 amide bonds. The van der Waals surface area contributed by atoms with Gasteiger partial charge in [-0.05, 0) is 30.5 Å². The number of esters is 1. The van der Waals surface area contributed by atoms with Crippen LogP contribution in [0.4, 0.5) is 8.78 Å². The highest BCUT2D eigenvalue weighted by Crippen LogP contribution is 2.12. The second-order valence-electron chi connectivity index (χ2n) is 4.61. The van der Waals surface area contributed by atoms with E-state index < -0.39 is 25.1 Å². The van der Waals surface area contributed by atoms with Gasteiger partial charge in [0.05, 0.1) is 12.2 Å². The Labute approximate surface area is 117 Å². The summed E-state index contributed by atoms with van der Waals surface area (Å²) in [6, 6.07) is 6.71. The summed E-state index contributed by atoms with van der Waals surface area (Å²) in [7, 11) is 0. The Kier molecular flexibility index (Phi) is 7.15. The minimum absolute atomic E-state index is 0.211. The topological polar surface area (TPSA) is 46.5 Å². The lowest BCUT2D eigenvalue weighted by Crippen LogP contribution is -2.29. The van der Waals surface area contributed by atoms with Crippen molar-refractivity contribution in [1.29, 1.82) is 0 Å². The van der Waals surface area contributed by atoms with E-state index in [1.807, 2.05) is 0 Å². The molecule has 0 heterocycles. The van der Waals surface area contributed by atoms with Gasteiger partial charge in [-0.2, -0.15) is 0 Å². The molecule has 20 heavy (non-hydrogen) atoms. The summed E-state index contributed by atoms with van der Waals surface area (Å²) in [5.41, 5.74) is 1.31. The lowest BCUT2D eigenvalue weighted by atomic mass is 10.1. The van der Waals surface area contributed by atoms with Gasteiger partial charge in [-0.15, -0.1) is 0 Å². The molecule has 0 fully saturated rings. The van der Waals surface area contributed by atoms with Crippen molar-refractivity contribution in [2.24, 2.45) is 0 Å². The van der Waals surface area contributed by atoms with Gasteiger partial charge in [-0.1, -0.05) is 31.9 Å². The molecule has 0 spiro atoms. The average Bonchev–Trinajstić information content (AvgIpc) is 2.45. The van der Waals surface area contributed by atoms with Crippen molar-refractivity contribution in [2.75, 3.05) is 6.61 Å². The third-order valence-corrected chi connectivity index (χ3v) is 2.98. The van der Waals surface area contributed by atoms with Crippen molar-refractivity contribution in [2.45, 2.75) is 45.1 Å². The van der Waals surface area contributed by atoms with Gasteiger partial charge in [0, 0.05) is 0 Å². The molecule has 0 radical (unpaired) electrons. The third kappa shape index (κ3) is 5.25. The van der Waals surface area contributed by atoms with Crippen LogP contribution in [0.2, 0.25) is 0 Å². The molecule has 0 aliphatic rings.